The molecule has 0 radical (unpaired) electrons. The zero-order chi connectivity index (χ0) is 36.1. The number of ether oxygens (including phenoxy) is 5. The molecule has 13 heteroatoms. The fraction of sp³-hybridized carbons (Fsp3) is 0.892. The molecule has 0 bridgehead atoms. The minimum Gasteiger partial charge on any atom is -0.455 e. The third-order valence-corrected chi connectivity index (χ3v) is 13.7. The van der Waals surface area contributed by atoms with Crippen LogP contribution in [0, 0.1) is 40.4 Å². The fourth-order valence-corrected chi connectivity index (χ4v) is 10.9. The summed E-state index contributed by atoms with van der Waals surface area (Å²) in [5.41, 5.74) is 1.26. The van der Waals surface area contributed by atoms with Crippen LogP contribution in [0.25, 0.3) is 0 Å². The van der Waals surface area contributed by atoms with Gasteiger partial charge in [-0.05, 0) is 85.4 Å². The Morgan fingerprint density at radius 1 is 0.940 bits per heavy atom. The van der Waals surface area contributed by atoms with E-state index in [2.05, 4.69) is 33.8 Å². The van der Waals surface area contributed by atoms with Gasteiger partial charge in [-0.1, -0.05) is 39.3 Å². The van der Waals surface area contributed by atoms with Crippen molar-refractivity contribution < 1.29 is 58.8 Å². The van der Waals surface area contributed by atoms with Crippen LogP contribution in [0.1, 0.15) is 91.9 Å². The van der Waals surface area contributed by atoms with Gasteiger partial charge in [0, 0.05) is 19.3 Å². The minimum atomic E-state index is -1.59. The van der Waals surface area contributed by atoms with Gasteiger partial charge in [-0.25, -0.2) is 4.79 Å². The quantitative estimate of drug-likeness (QED) is 0.122. The molecule has 12 nitrogen and oxygen atoms in total. The number of Topliss-reactive ketones (excluding diaryl/α,β-unsaturated/α-hetero) is 1. The molecule has 3 saturated carbocycles. The first kappa shape index (κ1) is 39.0. The third-order valence-electron chi connectivity index (χ3n) is 13.5. The van der Waals surface area contributed by atoms with Gasteiger partial charge in [0.2, 0.25) is 0 Å². The molecule has 4 aliphatic carbocycles. The van der Waals surface area contributed by atoms with Gasteiger partial charge in [-0.2, -0.15) is 0 Å². The second kappa shape index (κ2) is 15.5. The monoisotopic (exact) mass is 820 g/mol. The Morgan fingerprint density at radius 2 is 1.64 bits per heavy atom. The maximum absolute atomic E-state index is 13.5. The number of hydrogen-bond donors (Lipinski definition) is 5. The van der Waals surface area contributed by atoms with Crippen LogP contribution in [-0.4, -0.2) is 110 Å². The van der Waals surface area contributed by atoms with E-state index < -0.39 is 49.2 Å². The van der Waals surface area contributed by atoms with Gasteiger partial charge >= 0.3 is 3.98 Å². The number of ketones is 1. The second-order valence-electron chi connectivity index (χ2n) is 16.8. The third kappa shape index (κ3) is 7.61. The lowest BCUT2D eigenvalue weighted by Gasteiger charge is -2.58. The molecule has 0 aromatic rings. The highest BCUT2D eigenvalue weighted by Crippen LogP contribution is 2.67. The molecule has 50 heavy (non-hydrogen) atoms. The van der Waals surface area contributed by atoms with Gasteiger partial charge < -0.3 is 49.2 Å². The Bertz CT molecular complexity index is 1260. The summed E-state index contributed by atoms with van der Waals surface area (Å²) in [7, 11) is 0. The van der Waals surface area contributed by atoms with E-state index in [-0.39, 0.29) is 57.8 Å². The number of halogens is 1. The van der Waals surface area contributed by atoms with Crippen LogP contribution in [0.3, 0.4) is 0 Å². The maximum atomic E-state index is 13.5. The van der Waals surface area contributed by atoms with Gasteiger partial charge in [0.15, 0.2) is 12.6 Å². The summed E-state index contributed by atoms with van der Waals surface area (Å²) in [6.45, 7) is 8.47. The lowest BCUT2D eigenvalue weighted by molar-refractivity contribution is -0.339. The molecule has 2 heterocycles. The summed E-state index contributed by atoms with van der Waals surface area (Å²) in [6, 6.07) is 0. The first-order valence-electron chi connectivity index (χ1n) is 18.6. The van der Waals surface area contributed by atoms with Crippen molar-refractivity contribution in [1.29, 1.82) is 0 Å². The van der Waals surface area contributed by atoms with Crippen LogP contribution in [0.4, 0.5) is 4.79 Å². The van der Waals surface area contributed by atoms with E-state index in [9.17, 15) is 35.1 Å². The maximum Gasteiger partial charge on any atom is 0.367 e. The summed E-state index contributed by atoms with van der Waals surface area (Å²) < 4.78 is 29.1. The summed E-state index contributed by atoms with van der Waals surface area (Å²) in [5, 5.41) is 52.6. The van der Waals surface area contributed by atoms with Crippen molar-refractivity contribution in [1.82, 2.24) is 0 Å². The zero-order valence-corrected chi connectivity index (χ0v) is 31.9. The highest BCUT2D eigenvalue weighted by Gasteiger charge is 2.62. The summed E-state index contributed by atoms with van der Waals surface area (Å²) >= 11 is 1.71. The lowest BCUT2D eigenvalue weighted by atomic mass is 9.47. The molecular weight excluding hydrogens is 763 g/mol. The molecule has 5 N–H and O–H groups in total. The Labute approximate surface area is 308 Å². The van der Waals surface area contributed by atoms with Crippen molar-refractivity contribution in [3.8, 4) is 0 Å². The van der Waals surface area contributed by atoms with Crippen molar-refractivity contribution in [3.05, 3.63) is 11.6 Å². The summed E-state index contributed by atoms with van der Waals surface area (Å²) in [4.78, 5) is 25.2. The van der Waals surface area contributed by atoms with Crippen molar-refractivity contribution in [2.24, 2.45) is 40.4 Å². The highest BCUT2D eigenvalue weighted by molar-refractivity contribution is 14.1. The van der Waals surface area contributed by atoms with Crippen LogP contribution in [-0.2, 0) is 28.5 Å². The second-order valence-corrected chi connectivity index (χ2v) is 17.7. The number of hydrogen-bond acceptors (Lipinski definition) is 12. The molecule has 15 unspecified atom stereocenters. The molecule has 0 spiro atoms. The van der Waals surface area contributed by atoms with E-state index in [1.165, 1.54) is 5.57 Å². The molecule has 5 fully saturated rings. The number of allylic oxidation sites excluding steroid dienone is 1. The topological polar surface area (TPSA) is 181 Å². The molecule has 0 amide bonds. The number of aliphatic hydroxyl groups excluding tert-OH is 5. The van der Waals surface area contributed by atoms with Gasteiger partial charge in [-0.15, -0.1) is 0 Å². The molecule has 284 valence electrons. The predicted octanol–water partition coefficient (Wildman–Crippen LogP) is 3.80. The standard InChI is InChI=1S/C37H57IO12/c1-18(2)5-7-20(39)14-25-28(49-34-31(44)32(27(41)17-47-34)50-33-30(43)29(42)26(40)16-46-33)15-24-22-8-6-19-13-21(48-35(38)45)9-11-36(19,3)23(22)10-12-37(24,25)4/h6,18,21-34,40-44H,5,7-17H2,1-4H3/t21?,22?,23?,24-,25?,26?,27?,28?,29?,30?,31?,32?,33?,34?,36?,37?/m0/s1. The van der Waals surface area contributed by atoms with Crippen LogP contribution in [0.5, 0.6) is 0 Å². The minimum absolute atomic E-state index is 0.0265. The van der Waals surface area contributed by atoms with E-state index in [0.29, 0.717) is 37.0 Å². The SMILES string of the molecule is CC(C)CCC(=O)CC1C(OC2OCC(O)C(OC3OCC(O)C(O)C3O)C2O)C[C@H]2C3CC=C4CC(OC(=O)I)CCC4(C)C3CCC12C. The Balaban J connectivity index is 1.21. The van der Waals surface area contributed by atoms with Crippen molar-refractivity contribution >= 4 is 32.4 Å². The molecule has 2 saturated heterocycles. The first-order chi connectivity index (χ1) is 23.6. The smallest absolute Gasteiger partial charge is 0.367 e. The van der Waals surface area contributed by atoms with Gasteiger partial charge in [0.25, 0.3) is 0 Å². The lowest BCUT2D eigenvalue weighted by Crippen LogP contribution is -2.60. The average molecular weight is 821 g/mol. The van der Waals surface area contributed by atoms with E-state index >= 15 is 0 Å². The normalized spacial score (nSPS) is 47.5. The van der Waals surface area contributed by atoms with Gasteiger partial charge in [0.05, 0.1) is 41.9 Å². The largest absolute Gasteiger partial charge is 0.455 e. The summed E-state index contributed by atoms with van der Waals surface area (Å²) in [6.07, 6.45) is -1.01. The van der Waals surface area contributed by atoms with Crippen LogP contribution in [0.15, 0.2) is 11.6 Å². The number of fused-ring (bicyclic) bond motifs is 5. The highest BCUT2D eigenvalue weighted by atomic mass is 127. The van der Waals surface area contributed by atoms with Crippen molar-refractivity contribution in [2.75, 3.05) is 13.2 Å². The molecule has 16 atom stereocenters. The Hall–Kier alpha value is -0.750. The number of carbonyl (C=O) groups excluding carboxylic acids is 2. The molecule has 2 aliphatic heterocycles. The van der Waals surface area contributed by atoms with Crippen molar-refractivity contribution in [3.63, 3.8) is 0 Å². The number of aliphatic hydroxyl groups is 5. The van der Waals surface area contributed by atoms with Gasteiger partial charge in [-0.3, -0.25) is 4.79 Å². The summed E-state index contributed by atoms with van der Waals surface area (Å²) in [5.74, 6) is 1.69. The number of rotatable bonds is 10. The Kier molecular flexibility index (Phi) is 12.1. The van der Waals surface area contributed by atoms with Crippen LogP contribution >= 0.6 is 22.6 Å². The van der Waals surface area contributed by atoms with E-state index in [4.69, 9.17) is 23.7 Å². The first-order valence-corrected chi connectivity index (χ1v) is 19.7. The average Bonchev–Trinajstić information content (AvgIpc) is 3.33. The zero-order valence-electron chi connectivity index (χ0n) is 29.7. The van der Waals surface area contributed by atoms with E-state index in [0.717, 1.165) is 44.9 Å². The molecule has 0 aromatic heterocycles. The van der Waals surface area contributed by atoms with E-state index in [1.807, 2.05) is 0 Å². The molecule has 0 aromatic carbocycles. The van der Waals surface area contributed by atoms with Crippen LogP contribution in [0.2, 0.25) is 0 Å². The molecule has 6 aliphatic rings. The number of carbonyl (C=O) groups is 2. The van der Waals surface area contributed by atoms with E-state index in [1.54, 1.807) is 22.6 Å². The fourth-order valence-electron chi connectivity index (χ4n) is 10.5. The van der Waals surface area contributed by atoms with Gasteiger partial charge in [0.1, 0.15) is 48.5 Å². The molecular formula is C37H57IO12. The molecule has 6 rings (SSSR count). The van der Waals surface area contributed by atoms with Crippen LogP contribution < -0.4 is 0 Å². The Morgan fingerprint density at radius 3 is 2.34 bits per heavy atom. The van der Waals surface area contributed by atoms with Crippen molar-refractivity contribution in [2.45, 2.75) is 153 Å². The predicted molar refractivity (Wildman–Crippen MR) is 188 cm³/mol.